The number of halogens is 1. The third kappa shape index (κ3) is 3.47. The number of aryl methyl sites for hydroxylation is 1. The van der Waals surface area contributed by atoms with Crippen LogP contribution in [-0.2, 0) is 0 Å². The summed E-state index contributed by atoms with van der Waals surface area (Å²) < 4.78 is 21.1. The molecule has 0 aliphatic rings. The second-order valence-corrected chi connectivity index (χ2v) is 5.71. The largest absolute Gasteiger partial charge is 0.465 e. The molecule has 0 bridgehead atoms. The molecule has 27 heavy (non-hydrogen) atoms. The molecule has 140 valence electrons. The van der Waals surface area contributed by atoms with E-state index in [0.29, 0.717) is 16.6 Å². The molecule has 0 aliphatic heterocycles. The Balaban J connectivity index is 2.02. The van der Waals surface area contributed by atoms with Gasteiger partial charge >= 0.3 is 6.09 Å². The lowest BCUT2D eigenvalue weighted by molar-refractivity contribution is -0.385. The first-order valence-electron chi connectivity index (χ1n) is 7.72. The molecule has 10 nitrogen and oxygen atoms in total. The van der Waals surface area contributed by atoms with Gasteiger partial charge < -0.3 is 15.2 Å². The van der Waals surface area contributed by atoms with Crippen molar-refractivity contribution in [2.75, 3.05) is 0 Å². The van der Waals surface area contributed by atoms with Crippen LogP contribution in [0.3, 0.4) is 0 Å². The van der Waals surface area contributed by atoms with Crippen LogP contribution < -0.4 is 10.1 Å². The normalized spacial score (nSPS) is 12.0. The van der Waals surface area contributed by atoms with E-state index in [1.165, 1.54) is 10.8 Å². The van der Waals surface area contributed by atoms with E-state index in [-0.39, 0.29) is 11.6 Å². The first kappa shape index (κ1) is 18.0. The number of carbonyl (C=O) groups is 1. The number of benzene rings is 1. The summed E-state index contributed by atoms with van der Waals surface area (Å²) in [5.41, 5.74) is 1.31. The molecule has 2 heterocycles. The second kappa shape index (κ2) is 6.86. The van der Waals surface area contributed by atoms with Gasteiger partial charge in [0.15, 0.2) is 11.6 Å². The van der Waals surface area contributed by atoms with Crippen LogP contribution in [-0.4, -0.2) is 30.7 Å². The molecule has 1 atom stereocenters. The van der Waals surface area contributed by atoms with E-state index < -0.39 is 28.6 Å². The van der Waals surface area contributed by atoms with Gasteiger partial charge in [0, 0.05) is 12.3 Å². The molecule has 1 amide bonds. The van der Waals surface area contributed by atoms with Gasteiger partial charge in [-0.2, -0.15) is 10.1 Å². The number of rotatable bonds is 5. The first-order chi connectivity index (χ1) is 12.8. The summed E-state index contributed by atoms with van der Waals surface area (Å²) in [6, 6.07) is 2.49. The number of nitrogens with one attached hydrogen (secondary N) is 1. The summed E-state index contributed by atoms with van der Waals surface area (Å²) in [6.45, 7) is 3.40. The Hall–Kier alpha value is -3.76. The maximum Gasteiger partial charge on any atom is 0.405 e. The maximum absolute atomic E-state index is 14.1. The van der Waals surface area contributed by atoms with E-state index in [4.69, 9.17) is 9.84 Å². The number of hydrogen-bond donors (Lipinski definition) is 2. The van der Waals surface area contributed by atoms with Gasteiger partial charge in [0.25, 0.3) is 5.69 Å². The predicted octanol–water partition coefficient (Wildman–Crippen LogP) is 3.21. The van der Waals surface area contributed by atoms with Crippen LogP contribution in [0.2, 0.25) is 0 Å². The lowest BCUT2D eigenvalue weighted by atomic mass is 10.1. The van der Waals surface area contributed by atoms with Gasteiger partial charge in [-0.1, -0.05) is 0 Å². The van der Waals surface area contributed by atoms with E-state index in [9.17, 15) is 19.3 Å². The molecule has 3 rings (SSSR count). The number of nitrogens with zero attached hydrogens (tertiary/aromatic N) is 4. The van der Waals surface area contributed by atoms with Gasteiger partial charge in [-0.3, -0.25) is 10.1 Å². The average Bonchev–Trinajstić information content (AvgIpc) is 2.94. The summed E-state index contributed by atoms with van der Waals surface area (Å²) in [5.74, 6) is -1.12. The number of nitro benzene ring substituents is 1. The Kier molecular flexibility index (Phi) is 4.59. The number of ether oxygens (including phenoxy) is 1. The van der Waals surface area contributed by atoms with E-state index >= 15 is 0 Å². The van der Waals surface area contributed by atoms with Crippen molar-refractivity contribution in [1.29, 1.82) is 0 Å². The number of non-ortho nitro benzene ring substituents is 1. The Bertz CT molecular complexity index is 1050. The van der Waals surface area contributed by atoms with Crippen molar-refractivity contribution in [1.82, 2.24) is 19.9 Å². The van der Waals surface area contributed by atoms with Gasteiger partial charge in [-0.05, 0) is 31.0 Å². The third-order valence-electron chi connectivity index (χ3n) is 3.97. The average molecular weight is 375 g/mol. The zero-order valence-corrected chi connectivity index (χ0v) is 14.2. The molecule has 0 spiro atoms. The third-order valence-corrected chi connectivity index (χ3v) is 3.97. The number of nitro groups is 1. The van der Waals surface area contributed by atoms with Gasteiger partial charge in [-0.25, -0.2) is 13.7 Å². The second-order valence-electron chi connectivity index (χ2n) is 5.71. The number of amides is 1. The van der Waals surface area contributed by atoms with Crippen molar-refractivity contribution in [3.05, 3.63) is 57.8 Å². The highest BCUT2D eigenvalue weighted by Crippen LogP contribution is 2.32. The predicted molar refractivity (Wildman–Crippen MR) is 90.4 cm³/mol. The van der Waals surface area contributed by atoms with Crippen molar-refractivity contribution in [2.45, 2.75) is 19.9 Å². The molecule has 0 aliphatic carbocycles. The van der Waals surface area contributed by atoms with Crippen molar-refractivity contribution in [3.63, 3.8) is 0 Å². The zero-order chi connectivity index (χ0) is 19.7. The quantitative estimate of drug-likeness (QED) is 0.517. The van der Waals surface area contributed by atoms with Crippen molar-refractivity contribution >= 4 is 17.3 Å². The summed E-state index contributed by atoms with van der Waals surface area (Å²) in [7, 11) is 0. The van der Waals surface area contributed by atoms with Gasteiger partial charge in [0.2, 0.25) is 5.88 Å². The number of aromatic nitrogens is 3. The zero-order valence-electron chi connectivity index (χ0n) is 14.2. The summed E-state index contributed by atoms with van der Waals surface area (Å²) in [4.78, 5) is 24.9. The number of fused-ring (bicyclic) bond motifs is 1. The Morgan fingerprint density at radius 2 is 2.22 bits per heavy atom. The molecule has 1 unspecified atom stereocenters. The molecular weight excluding hydrogens is 361 g/mol. The molecule has 0 saturated heterocycles. The Labute approximate surface area is 151 Å². The fourth-order valence-corrected chi connectivity index (χ4v) is 2.71. The molecule has 0 saturated carbocycles. The van der Waals surface area contributed by atoms with Crippen LogP contribution in [0.25, 0.3) is 5.52 Å². The van der Waals surface area contributed by atoms with Crippen LogP contribution in [0, 0.1) is 22.9 Å². The lowest BCUT2D eigenvalue weighted by Gasteiger charge is -2.10. The molecule has 3 aromatic rings. The highest BCUT2D eigenvalue weighted by molar-refractivity contribution is 5.68. The minimum Gasteiger partial charge on any atom is -0.465 e. The molecule has 2 N–H and O–H groups in total. The molecule has 11 heteroatoms. The number of hydrogen-bond acceptors (Lipinski definition) is 6. The molecule has 1 aromatic carbocycles. The monoisotopic (exact) mass is 375 g/mol. The van der Waals surface area contributed by atoms with Crippen LogP contribution >= 0.6 is 0 Å². The van der Waals surface area contributed by atoms with Gasteiger partial charge in [0.1, 0.15) is 11.8 Å². The molecular formula is C16H14FN5O5. The van der Waals surface area contributed by atoms with E-state index in [1.807, 2.05) is 0 Å². The summed E-state index contributed by atoms with van der Waals surface area (Å²) >= 11 is 0. The van der Waals surface area contributed by atoms with Crippen molar-refractivity contribution < 1.29 is 24.0 Å². The fraction of sp³-hybridized carbons (Fsp3) is 0.188. The van der Waals surface area contributed by atoms with Crippen molar-refractivity contribution in [2.24, 2.45) is 0 Å². The topological polar surface area (TPSA) is 132 Å². The lowest BCUT2D eigenvalue weighted by Crippen LogP contribution is -2.24. The van der Waals surface area contributed by atoms with E-state index in [1.54, 1.807) is 20.0 Å². The van der Waals surface area contributed by atoms with Crippen LogP contribution in [0.15, 0.2) is 30.7 Å². The van der Waals surface area contributed by atoms with Crippen molar-refractivity contribution in [3.8, 4) is 11.6 Å². The minimum atomic E-state index is -1.17. The molecule has 0 fully saturated rings. The first-order valence-corrected chi connectivity index (χ1v) is 7.72. The Morgan fingerprint density at radius 1 is 1.48 bits per heavy atom. The fourth-order valence-electron chi connectivity index (χ4n) is 2.71. The Morgan fingerprint density at radius 3 is 2.85 bits per heavy atom. The highest BCUT2D eigenvalue weighted by Gasteiger charge is 2.20. The smallest absolute Gasteiger partial charge is 0.405 e. The SMILES string of the molecule is Cc1c(C(C)NC(=O)O)cn2ncnc(Oc3ccc([N+](=O)[O-])cc3F)c12. The van der Waals surface area contributed by atoms with Gasteiger partial charge in [0.05, 0.1) is 17.0 Å². The molecule has 2 aromatic heterocycles. The minimum absolute atomic E-state index is 0.0315. The van der Waals surface area contributed by atoms with Crippen LogP contribution in [0.5, 0.6) is 11.6 Å². The summed E-state index contributed by atoms with van der Waals surface area (Å²) in [5, 5.41) is 26.0. The summed E-state index contributed by atoms with van der Waals surface area (Å²) in [6.07, 6.45) is 1.64. The van der Waals surface area contributed by atoms with E-state index in [2.05, 4.69) is 15.4 Å². The standard InChI is InChI=1S/C16H14FN5O5/c1-8-11(9(2)20-16(23)24)6-21-14(8)15(18-7-19-21)27-13-4-3-10(22(25)26)5-12(13)17/h3-7,9,20H,1-2H3,(H,23,24). The number of carboxylic acid groups (broad SMARTS) is 1. The van der Waals surface area contributed by atoms with Crippen LogP contribution in [0.1, 0.15) is 24.1 Å². The van der Waals surface area contributed by atoms with Crippen LogP contribution in [0.4, 0.5) is 14.9 Å². The highest BCUT2D eigenvalue weighted by atomic mass is 19.1. The van der Waals surface area contributed by atoms with E-state index in [0.717, 1.165) is 18.2 Å². The van der Waals surface area contributed by atoms with Gasteiger partial charge in [-0.15, -0.1) is 0 Å². The molecule has 0 radical (unpaired) electrons. The maximum atomic E-state index is 14.1.